The molecule has 1 aromatic rings. The lowest BCUT2D eigenvalue weighted by Gasteiger charge is -2.21. The van der Waals surface area contributed by atoms with Crippen LogP contribution >= 0.6 is 0 Å². The number of rotatable bonds is 10. The summed E-state index contributed by atoms with van der Waals surface area (Å²) in [4.78, 5) is 45.9. The number of carboxylic acid groups (broad SMARTS) is 1. The Balaban J connectivity index is 2.63. The van der Waals surface area contributed by atoms with Crippen molar-refractivity contribution >= 4 is 24.3 Å². The SMILES string of the molecule is CC(C)C[C@H](NC(=O)OCc1ccccc1)C(=O)N[C@H](C=O)CC(=O)O. The Hall–Kier alpha value is -2.90. The number of carboxylic acids is 1. The molecule has 2 amide bonds. The average Bonchev–Trinajstić information content (AvgIpc) is 2.58. The molecule has 0 aliphatic rings. The molecule has 0 saturated carbocycles. The number of benzene rings is 1. The third-order valence-corrected chi connectivity index (χ3v) is 3.41. The Morgan fingerprint density at radius 2 is 1.81 bits per heavy atom. The third-order valence-electron chi connectivity index (χ3n) is 3.41. The molecule has 8 heteroatoms. The molecule has 0 aromatic heterocycles. The van der Waals surface area contributed by atoms with E-state index in [0.717, 1.165) is 5.56 Å². The van der Waals surface area contributed by atoms with Crippen LogP contribution in [0.15, 0.2) is 30.3 Å². The molecule has 0 saturated heterocycles. The number of ether oxygens (including phenoxy) is 1. The highest BCUT2D eigenvalue weighted by Crippen LogP contribution is 2.07. The fourth-order valence-electron chi connectivity index (χ4n) is 2.21. The smallest absolute Gasteiger partial charge is 0.408 e. The zero-order valence-corrected chi connectivity index (χ0v) is 14.8. The summed E-state index contributed by atoms with van der Waals surface area (Å²) in [5.41, 5.74) is 0.801. The number of amides is 2. The van der Waals surface area contributed by atoms with E-state index >= 15 is 0 Å². The molecule has 0 aliphatic heterocycles. The van der Waals surface area contributed by atoms with Gasteiger partial charge in [0.25, 0.3) is 0 Å². The van der Waals surface area contributed by atoms with Gasteiger partial charge in [-0.25, -0.2) is 4.79 Å². The molecule has 0 bridgehead atoms. The minimum absolute atomic E-state index is 0.0542. The first-order chi connectivity index (χ1) is 12.3. The van der Waals surface area contributed by atoms with Crippen LogP contribution < -0.4 is 10.6 Å². The van der Waals surface area contributed by atoms with Gasteiger partial charge in [-0.15, -0.1) is 0 Å². The van der Waals surface area contributed by atoms with E-state index in [1.54, 1.807) is 12.1 Å². The largest absolute Gasteiger partial charge is 0.481 e. The number of nitrogens with one attached hydrogen (secondary N) is 2. The fraction of sp³-hybridized carbons (Fsp3) is 0.444. The molecule has 3 N–H and O–H groups in total. The van der Waals surface area contributed by atoms with Crippen LogP contribution in [0.25, 0.3) is 0 Å². The molecule has 8 nitrogen and oxygen atoms in total. The number of carbonyl (C=O) groups is 4. The maximum Gasteiger partial charge on any atom is 0.408 e. The Morgan fingerprint density at radius 1 is 1.15 bits per heavy atom. The molecule has 0 fully saturated rings. The van der Waals surface area contributed by atoms with Crippen LogP contribution in [0, 0.1) is 5.92 Å². The van der Waals surface area contributed by atoms with E-state index in [2.05, 4.69) is 10.6 Å². The number of alkyl carbamates (subject to hydrolysis) is 1. The van der Waals surface area contributed by atoms with Gasteiger partial charge in [0, 0.05) is 0 Å². The highest BCUT2D eigenvalue weighted by molar-refractivity contribution is 5.88. The lowest BCUT2D eigenvalue weighted by Crippen LogP contribution is -2.51. The summed E-state index contributed by atoms with van der Waals surface area (Å²) in [6.45, 7) is 3.79. The van der Waals surface area contributed by atoms with E-state index in [-0.39, 0.29) is 12.5 Å². The van der Waals surface area contributed by atoms with E-state index in [1.165, 1.54) is 0 Å². The summed E-state index contributed by atoms with van der Waals surface area (Å²) in [7, 11) is 0. The van der Waals surface area contributed by atoms with Gasteiger partial charge in [-0.2, -0.15) is 0 Å². The van der Waals surface area contributed by atoms with E-state index in [9.17, 15) is 19.2 Å². The maximum atomic E-state index is 12.3. The van der Waals surface area contributed by atoms with Gasteiger partial charge in [0.2, 0.25) is 5.91 Å². The van der Waals surface area contributed by atoms with Crippen LogP contribution in [0.2, 0.25) is 0 Å². The first-order valence-corrected chi connectivity index (χ1v) is 8.26. The van der Waals surface area contributed by atoms with Gasteiger partial charge in [-0.1, -0.05) is 44.2 Å². The van der Waals surface area contributed by atoms with Crippen molar-refractivity contribution in [2.45, 2.75) is 45.4 Å². The van der Waals surface area contributed by atoms with Crippen molar-refractivity contribution in [3.63, 3.8) is 0 Å². The van der Waals surface area contributed by atoms with Crippen molar-refractivity contribution in [2.75, 3.05) is 0 Å². The molecule has 0 heterocycles. The summed E-state index contributed by atoms with van der Waals surface area (Å²) in [5, 5.41) is 13.5. The lowest BCUT2D eigenvalue weighted by molar-refractivity contribution is -0.139. The van der Waals surface area contributed by atoms with Gasteiger partial charge in [-0.3, -0.25) is 9.59 Å². The van der Waals surface area contributed by atoms with Crippen LogP contribution in [-0.2, 0) is 25.7 Å². The molecule has 0 aliphatic carbocycles. The van der Waals surface area contributed by atoms with Crippen LogP contribution in [-0.4, -0.2) is 41.4 Å². The second-order valence-corrected chi connectivity index (χ2v) is 6.24. The summed E-state index contributed by atoms with van der Waals surface area (Å²) < 4.78 is 5.09. The van der Waals surface area contributed by atoms with Crippen molar-refractivity contribution in [1.82, 2.24) is 10.6 Å². The second kappa shape index (κ2) is 10.9. The highest BCUT2D eigenvalue weighted by Gasteiger charge is 2.25. The van der Waals surface area contributed by atoms with Crippen molar-refractivity contribution < 1.29 is 29.0 Å². The van der Waals surface area contributed by atoms with Crippen LogP contribution in [0.3, 0.4) is 0 Å². The number of hydrogen-bond donors (Lipinski definition) is 3. The van der Waals surface area contributed by atoms with Crippen molar-refractivity contribution in [3.8, 4) is 0 Å². The molecule has 2 atom stereocenters. The van der Waals surface area contributed by atoms with Gasteiger partial charge in [-0.05, 0) is 17.9 Å². The second-order valence-electron chi connectivity index (χ2n) is 6.24. The number of aldehydes is 1. The average molecular weight is 364 g/mol. The lowest BCUT2D eigenvalue weighted by atomic mass is 10.0. The molecule has 0 radical (unpaired) electrons. The number of aliphatic carboxylic acids is 1. The molecular weight excluding hydrogens is 340 g/mol. The van der Waals surface area contributed by atoms with Crippen LogP contribution in [0.1, 0.15) is 32.3 Å². The van der Waals surface area contributed by atoms with E-state index in [4.69, 9.17) is 9.84 Å². The van der Waals surface area contributed by atoms with Gasteiger partial charge < -0.3 is 25.3 Å². The molecule has 26 heavy (non-hydrogen) atoms. The predicted molar refractivity (Wildman–Crippen MR) is 93.3 cm³/mol. The minimum Gasteiger partial charge on any atom is -0.481 e. The number of carbonyl (C=O) groups excluding carboxylic acids is 3. The van der Waals surface area contributed by atoms with Crippen molar-refractivity contribution in [2.24, 2.45) is 5.92 Å². The Morgan fingerprint density at radius 3 is 2.35 bits per heavy atom. The monoisotopic (exact) mass is 364 g/mol. The number of hydrogen-bond acceptors (Lipinski definition) is 5. The van der Waals surface area contributed by atoms with Gasteiger partial charge in [0.05, 0.1) is 12.5 Å². The van der Waals surface area contributed by atoms with E-state index in [1.807, 2.05) is 32.0 Å². The van der Waals surface area contributed by atoms with Crippen molar-refractivity contribution in [1.29, 1.82) is 0 Å². The molecular formula is C18H24N2O6. The molecule has 0 unspecified atom stereocenters. The molecule has 0 spiro atoms. The Kier molecular flexibility index (Phi) is 8.83. The van der Waals surface area contributed by atoms with E-state index < -0.39 is 36.5 Å². The zero-order valence-electron chi connectivity index (χ0n) is 14.8. The Bertz CT molecular complexity index is 617. The Labute approximate surface area is 151 Å². The molecule has 1 rings (SSSR count). The highest BCUT2D eigenvalue weighted by atomic mass is 16.5. The summed E-state index contributed by atoms with van der Waals surface area (Å²) in [5.74, 6) is -1.76. The van der Waals surface area contributed by atoms with Crippen molar-refractivity contribution in [3.05, 3.63) is 35.9 Å². The first-order valence-electron chi connectivity index (χ1n) is 8.26. The van der Waals surface area contributed by atoms with E-state index in [0.29, 0.717) is 12.7 Å². The van der Waals surface area contributed by atoms with Gasteiger partial charge in [0.15, 0.2) is 0 Å². The predicted octanol–water partition coefficient (Wildman–Crippen LogP) is 1.49. The normalized spacial score (nSPS) is 12.7. The quantitative estimate of drug-likeness (QED) is 0.541. The fourth-order valence-corrected chi connectivity index (χ4v) is 2.21. The van der Waals surface area contributed by atoms with Crippen LogP contribution in [0.4, 0.5) is 4.79 Å². The topological polar surface area (TPSA) is 122 Å². The minimum atomic E-state index is -1.21. The zero-order chi connectivity index (χ0) is 19.5. The first kappa shape index (κ1) is 21.1. The molecule has 1 aromatic carbocycles. The maximum absolute atomic E-state index is 12.3. The van der Waals surface area contributed by atoms with Gasteiger partial charge >= 0.3 is 12.1 Å². The standard InChI is InChI=1S/C18H24N2O6/c1-12(2)8-15(17(24)19-14(10-21)9-16(22)23)20-18(25)26-11-13-6-4-3-5-7-13/h3-7,10,12,14-15H,8-9,11H2,1-2H3,(H,19,24)(H,20,25)(H,22,23)/t14-,15-/m0/s1. The van der Waals surface area contributed by atoms with Crippen LogP contribution in [0.5, 0.6) is 0 Å². The summed E-state index contributed by atoms with van der Waals surface area (Å²) >= 11 is 0. The summed E-state index contributed by atoms with van der Waals surface area (Å²) in [6, 6.07) is 6.97. The summed E-state index contributed by atoms with van der Waals surface area (Å²) in [6.07, 6.45) is -0.630. The molecule has 142 valence electrons. The van der Waals surface area contributed by atoms with Gasteiger partial charge in [0.1, 0.15) is 18.9 Å². The third kappa shape index (κ3) is 8.27.